The SMILES string of the molecule is Cc1cc(NC(=O)c2c(C)nn(Cc3ccccc3)c2Cl)ccc1Br. The van der Waals surface area contributed by atoms with Crippen molar-refractivity contribution in [1.82, 2.24) is 9.78 Å². The van der Waals surface area contributed by atoms with E-state index in [0.29, 0.717) is 23.0 Å². The fraction of sp³-hybridized carbons (Fsp3) is 0.158. The fourth-order valence-corrected chi connectivity index (χ4v) is 3.16. The van der Waals surface area contributed by atoms with Crippen LogP contribution in [-0.2, 0) is 6.54 Å². The summed E-state index contributed by atoms with van der Waals surface area (Å²) in [5, 5.41) is 7.64. The molecule has 25 heavy (non-hydrogen) atoms. The number of amides is 1. The van der Waals surface area contributed by atoms with E-state index in [9.17, 15) is 4.79 Å². The number of aromatic nitrogens is 2. The Morgan fingerprint density at radius 1 is 1.20 bits per heavy atom. The van der Waals surface area contributed by atoms with Crippen molar-refractivity contribution in [2.45, 2.75) is 20.4 Å². The highest BCUT2D eigenvalue weighted by Gasteiger charge is 2.20. The molecule has 0 spiro atoms. The van der Waals surface area contributed by atoms with Crippen LogP contribution in [0.3, 0.4) is 0 Å². The second-order valence-electron chi connectivity index (χ2n) is 5.81. The summed E-state index contributed by atoms with van der Waals surface area (Å²) in [5.41, 5.74) is 3.84. The first-order chi connectivity index (χ1) is 12.0. The van der Waals surface area contributed by atoms with Gasteiger partial charge in [-0.25, -0.2) is 4.68 Å². The predicted molar refractivity (Wildman–Crippen MR) is 104 cm³/mol. The van der Waals surface area contributed by atoms with Crippen molar-refractivity contribution >= 4 is 39.1 Å². The number of hydrogen-bond donors (Lipinski definition) is 1. The van der Waals surface area contributed by atoms with Crippen molar-refractivity contribution in [3.63, 3.8) is 0 Å². The number of halogens is 2. The van der Waals surface area contributed by atoms with Crippen molar-refractivity contribution in [2.24, 2.45) is 0 Å². The number of carbonyl (C=O) groups is 1. The Hall–Kier alpha value is -2.11. The minimum Gasteiger partial charge on any atom is -0.322 e. The molecule has 1 amide bonds. The first kappa shape index (κ1) is 17.7. The molecule has 0 saturated carbocycles. The Balaban J connectivity index is 1.84. The van der Waals surface area contributed by atoms with E-state index in [-0.39, 0.29) is 5.91 Å². The van der Waals surface area contributed by atoms with Crippen molar-refractivity contribution in [3.05, 3.63) is 80.5 Å². The van der Waals surface area contributed by atoms with E-state index >= 15 is 0 Å². The van der Waals surface area contributed by atoms with Gasteiger partial charge in [-0.1, -0.05) is 57.9 Å². The van der Waals surface area contributed by atoms with Crippen LogP contribution in [0.4, 0.5) is 5.69 Å². The summed E-state index contributed by atoms with van der Waals surface area (Å²) in [4.78, 5) is 12.7. The molecule has 0 radical (unpaired) electrons. The van der Waals surface area contributed by atoms with Gasteiger partial charge in [0.15, 0.2) is 0 Å². The van der Waals surface area contributed by atoms with Crippen LogP contribution in [0.5, 0.6) is 0 Å². The van der Waals surface area contributed by atoms with Crippen LogP contribution in [-0.4, -0.2) is 15.7 Å². The van der Waals surface area contributed by atoms with Crippen LogP contribution in [0.1, 0.15) is 27.2 Å². The summed E-state index contributed by atoms with van der Waals surface area (Å²) in [7, 11) is 0. The third-order valence-corrected chi connectivity index (χ3v) is 5.16. The van der Waals surface area contributed by atoms with E-state index in [1.807, 2.05) is 55.5 Å². The van der Waals surface area contributed by atoms with Crippen LogP contribution in [0, 0.1) is 13.8 Å². The summed E-state index contributed by atoms with van der Waals surface area (Å²) < 4.78 is 2.64. The summed E-state index contributed by atoms with van der Waals surface area (Å²) >= 11 is 9.88. The summed E-state index contributed by atoms with van der Waals surface area (Å²) in [5.74, 6) is -0.261. The molecule has 3 rings (SSSR count). The Morgan fingerprint density at radius 3 is 2.60 bits per heavy atom. The first-order valence-electron chi connectivity index (χ1n) is 7.80. The minimum absolute atomic E-state index is 0.261. The van der Waals surface area contributed by atoms with E-state index in [4.69, 9.17) is 11.6 Å². The van der Waals surface area contributed by atoms with Gasteiger partial charge < -0.3 is 5.32 Å². The maximum Gasteiger partial charge on any atom is 0.260 e. The van der Waals surface area contributed by atoms with E-state index in [1.165, 1.54) is 0 Å². The number of rotatable bonds is 4. The Kier molecular flexibility index (Phi) is 5.25. The van der Waals surface area contributed by atoms with Crippen LogP contribution in [0.2, 0.25) is 5.15 Å². The number of carbonyl (C=O) groups excluding carboxylic acids is 1. The normalized spacial score (nSPS) is 10.7. The third-order valence-electron chi connectivity index (χ3n) is 3.88. The lowest BCUT2D eigenvalue weighted by Crippen LogP contribution is -2.13. The van der Waals surface area contributed by atoms with E-state index < -0.39 is 0 Å². The topological polar surface area (TPSA) is 46.9 Å². The molecule has 0 saturated heterocycles. The highest BCUT2D eigenvalue weighted by molar-refractivity contribution is 9.10. The molecule has 1 aromatic heterocycles. The lowest BCUT2D eigenvalue weighted by Gasteiger charge is -2.07. The van der Waals surface area contributed by atoms with Gasteiger partial charge in [0.2, 0.25) is 0 Å². The molecule has 0 aliphatic carbocycles. The molecule has 0 atom stereocenters. The average Bonchev–Trinajstić information content (AvgIpc) is 2.86. The van der Waals surface area contributed by atoms with E-state index in [1.54, 1.807) is 11.6 Å². The maximum absolute atomic E-state index is 12.7. The number of nitrogens with one attached hydrogen (secondary N) is 1. The van der Waals surface area contributed by atoms with Gasteiger partial charge in [0.25, 0.3) is 5.91 Å². The van der Waals surface area contributed by atoms with Gasteiger partial charge >= 0.3 is 0 Å². The molecule has 1 heterocycles. The molecule has 0 fully saturated rings. The standard InChI is InChI=1S/C19H17BrClN3O/c1-12-10-15(8-9-16(12)20)22-19(25)17-13(2)23-24(18(17)21)11-14-6-4-3-5-7-14/h3-10H,11H2,1-2H3,(H,22,25). The quantitative estimate of drug-likeness (QED) is 0.631. The monoisotopic (exact) mass is 417 g/mol. The summed E-state index contributed by atoms with van der Waals surface area (Å²) in [6.07, 6.45) is 0. The molecular weight excluding hydrogens is 402 g/mol. The molecule has 2 aromatic carbocycles. The number of nitrogens with zero attached hydrogens (tertiary/aromatic N) is 2. The highest BCUT2D eigenvalue weighted by atomic mass is 79.9. The van der Waals surface area contributed by atoms with Crippen molar-refractivity contribution < 1.29 is 4.79 Å². The first-order valence-corrected chi connectivity index (χ1v) is 8.97. The second-order valence-corrected chi connectivity index (χ2v) is 7.02. The zero-order chi connectivity index (χ0) is 18.0. The number of anilines is 1. The maximum atomic E-state index is 12.7. The van der Waals surface area contributed by atoms with Crippen LogP contribution in [0.15, 0.2) is 53.0 Å². The fourth-order valence-electron chi connectivity index (χ4n) is 2.59. The second kappa shape index (κ2) is 7.42. The number of hydrogen-bond acceptors (Lipinski definition) is 2. The van der Waals surface area contributed by atoms with Crippen molar-refractivity contribution in [3.8, 4) is 0 Å². The summed E-state index contributed by atoms with van der Waals surface area (Å²) in [6, 6.07) is 15.5. The van der Waals surface area contributed by atoms with Crippen LogP contribution < -0.4 is 5.32 Å². The lowest BCUT2D eigenvalue weighted by molar-refractivity contribution is 0.102. The molecule has 0 aliphatic heterocycles. The number of benzene rings is 2. The van der Waals surface area contributed by atoms with Gasteiger partial charge in [0.05, 0.1) is 17.8 Å². The molecule has 1 N–H and O–H groups in total. The molecule has 0 bridgehead atoms. The molecular formula is C19H17BrClN3O. The third kappa shape index (κ3) is 3.94. The van der Waals surface area contributed by atoms with Gasteiger partial charge in [-0.2, -0.15) is 5.10 Å². The van der Waals surface area contributed by atoms with Crippen LogP contribution in [0.25, 0.3) is 0 Å². The zero-order valence-corrected chi connectivity index (χ0v) is 16.2. The van der Waals surface area contributed by atoms with Crippen molar-refractivity contribution in [1.29, 1.82) is 0 Å². The predicted octanol–water partition coefficient (Wildman–Crippen LogP) is 5.22. The highest BCUT2D eigenvalue weighted by Crippen LogP contribution is 2.24. The van der Waals surface area contributed by atoms with Gasteiger partial charge in [-0.15, -0.1) is 0 Å². The Labute approximate surface area is 159 Å². The van der Waals surface area contributed by atoms with Gasteiger partial charge in [-0.3, -0.25) is 4.79 Å². The summed E-state index contributed by atoms with van der Waals surface area (Å²) in [6.45, 7) is 4.27. The number of aryl methyl sites for hydroxylation is 2. The molecule has 3 aromatic rings. The van der Waals surface area contributed by atoms with Crippen molar-refractivity contribution in [2.75, 3.05) is 5.32 Å². The lowest BCUT2D eigenvalue weighted by atomic mass is 10.2. The molecule has 128 valence electrons. The average molecular weight is 419 g/mol. The Morgan fingerprint density at radius 2 is 1.92 bits per heavy atom. The molecule has 0 unspecified atom stereocenters. The minimum atomic E-state index is -0.261. The van der Waals surface area contributed by atoms with E-state index in [0.717, 1.165) is 21.3 Å². The smallest absolute Gasteiger partial charge is 0.260 e. The van der Waals surface area contributed by atoms with Gasteiger partial charge in [0.1, 0.15) is 5.15 Å². The zero-order valence-electron chi connectivity index (χ0n) is 13.9. The largest absolute Gasteiger partial charge is 0.322 e. The van der Waals surface area contributed by atoms with Gasteiger partial charge in [-0.05, 0) is 43.2 Å². The molecule has 6 heteroatoms. The molecule has 0 aliphatic rings. The van der Waals surface area contributed by atoms with E-state index in [2.05, 4.69) is 26.3 Å². The molecule has 4 nitrogen and oxygen atoms in total. The Bertz CT molecular complexity index is 922. The van der Waals surface area contributed by atoms with Gasteiger partial charge in [0, 0.05) is 10.2 Å². The van der Waals surface area contributed by atoms with Crippen LogP contribution >= 0.6 is 27.5 Å².